The summed E-state index contributed by atoms with van der Waals surface area (Å²) in [4.78, 5) is 22.3. The average molecular weight is 233 g/mol. The molecule has 2 atom stereocenters. The Balaban J connectivity index is 4.44. The van der Waals surface area contributed by atoms with Gasteiger partial charge in [-0.05, 0) is 12.3 Å². The van der Waals surface area contributed by atoms with Gasteiger partial charge in [0.15, 0.2) is 6.04 Å². The van der Waals surface area contributed by atoms with Gasteiger partial charge in [-0.3, -0.25) is 4.79 Å². The van der Waals surface area contributed by atoms with Crippen LogP contribution in [-0.2, 0) is 9.59 Å². The number of carbonyl (C=O) groups excluding carboxylic acids is 1. The maximum atomic E-state index is 12.3. The van der Waals surface area contributed by atoms with Gasteiger partial charge in [-0.1, -0.05) is 27.2 Å². The zero-order valence-electron chi connectivity index (χ0n) is 10.00. The number of carboxylic acid groups (broad SMARTS) is 1. The largest absolute Gasteiger partial charge is 0.480 e. The van der Waals surface area contributed by atoms with Crippen LogP contribution in [0.4, 0.5) is 4.39 Å². The fourth-order valence-corrected chi connectivity index (χ4v) is 1.52. The lowest BCUT2D eigenvalue weighted by atomic mass is 9.90. The molecule has 0 fully saturated rings. The molecule has 0 spiro atoms. The van der Waals surface area contributed by atoms with Crippen LogP contribution in [0.3, 0.4) is 0 Å². The Kier molecular flexibility index (Phi) is 6.69. The second kappa shape index (κ2) is 7.19. The summed E-state index contributed by atoms with van der Waals surface area (Å²) in [5.41, 5.74) is 0. The predicted octanol–water partition coefficient (Wildman–Crippen LogP) is 1.60. The van der Waals surface area contributed by atoms with Gasteiger partial charge in [-0.15, -0.1) is 0 Å². The normalized spacial score (nSPS) is 14.6. The lowest BCUT2D eigenvalue weighted by Crippen LogP contribution is -2.46. The van der Waals surface area contributed by atoms with Crippen molar-refractivity contribution in [3.63, 3.8) is 0 Å². The summed E-state index contributed by atoms with van der Waals surface area (Å²) in [6.07, 6.45) is 1.52. The van der Waals surface area contributed by atoms with Crippen LogP contribution in [0, 0.1) is 11.8 Å². The summed E-state index contributed by atoms with van der Waals surface area (Å²) in [6, 6.07) is -1.43. The second-order valence-corrected chi connectivity index (χ2v) is 4.19. The molecule has 0 aromatic rings. The summed E-state index contributed by atoms with van der Waals surface area (Å²) in [5.74, 6) is -1.84. The topological polar surface area (TPSA) is 66.4 Å². The average Bonchev–Trinajstić information content (AvgIpc) is 2.21. The van der Waals surface area contributed by atoms with E-state index in [-0.39, 0.29) is 17.7 Å². The van der Waals surface area contributed by atoms with Crippen LogP contribution in [0.15, 0.2) is 0 Å². The van der Waals surface area contributed by atoms with Gasteiger partial charge in [0.1, 0.15) is 6.67 Å². The Labute approximate surface area is 95.2 Å². The number of alkyl halides is 1. The maximum absolute atomic E-state index is 12.3. The first-order valence-electron chi connectivity index (χ1n) is 5.53. The molecule has 0 saturated carbocycles. The van der Waals surface area contributed by atoms with Crippen molar-refractivity contribution in [1.82, 2.24) is 5.32 Å². The van der Waals surface area contributed by atoms with Gasteiger partial charge in [-0.2, -0.15) is 0 Å². The van der Waals surface area contributed by atoms with E-state index in [1.807, 2.05) is 20.8 Å². The van der Waals surface area contributed by atoms with E-state index in [0.29, 0.717) is 6.42 Å². The minimum Gasteiger partial charge on any atom is -0.480 e. The van der Waals surface area contributed by atoms with Gasteiger partial charge in [0.05, 0.1) is 0 Å². The van der Waals surface area contributed by atoms with Crippen LogP contribution in [0.2, 0.25) is 0 Å². The fraction of sp³-hybridized carbons (Fsp3) is 0.818. The second-order valence-electron chi connectivity index (χ2n) is 4.19. The zero-order valence-corrected chi connectivity index (χ0v) is 10.00. The Morgan fingerprint density at radius 1 is 1.38 bits per heavy atom. The number of nitrogens with one attached hydrogen (secondary N) is 1. The highest BCUT2D eigenvalue weighted by Crippen LogP contribution is 2.17. The van der Waals surface area contributed by atoms with E-state index in [9.17, 15) is 14.0 Å². The SMILES string of the molecule is CCCC(C(=O)NC(CF)C(=O)O)C(C)C. The molecule has 4 nitrogen and oxygen atoms in total. The van der Waals surface area contributed by atoms with Crippen LogP contribution < -0.4 is 5.32 Å². The molecule has 94 valence electrons. The molecule has 0 aromatic heterocycles. The van der Waals surface area contributed by atoms with E-state index >= 15 is 0 Å². The summed E-state index contributed by atoms with van der Waals surface area (Å²) in [5, 5.41) is 10.8. The summed E-state index contributed by atoms with van der Waals surface area (Å²) < 4.78 is 12.3. The Hall–Kier alpha value is -1.13. The highest BCUT2D eigenvalue weighted by Gasteiger charge is 2.26. The molecule has 0 aliphatic carbocycles. The van der Waals surface area contributed by atoms with Crippen molar-refractivity contribution in [1.29, 1.82) is 0 Å². The van der Waals surface area contributed by atoms with E-state index in [0.717, 1.165) is 6.42 Å². The van der Waals surface area contributed by atoms with E-state index in [4.69, 9.17) is 5.11 Å². The Morgan fingerprint density at radius 3 is 2.25 bits per heavy atom. The van der Waals surface area contributed by atoms with E-state index < -0.39 is 18.7 Å². The van der Waals surface area contributed by atoms with Gasteiger partial charge >= 0.3 is 5.97 Å². The lowest BCUT2D eigenvalue weighted by molar-refractivity contribution is -0.143. The summed E-state index contributed by atoms with van der Waals surface area (Å²) in [7, 11) is 0. The first kappa shape index (κ1) is 14.9. The van der Waals surface area contributed by atoms with Gasteiger partial charge < -0.3 is 10.4 Å². The van der Waals surface area contributed by atoms with Crippen molar-refractivity contribution in [3.8, 4) is 0 Å². The number of rotatable bonds is 7. The van der Waals surface area contributed by atoms with Crippen LogP contribution >= 0.6 is 0 Å². The Bertz CT molecular complexity index is 243. The third-order valence-electron chi connectivity index (χ3n) is 2.51. The molecule has 0 heterocycles. The molecule has 16 heavy (non-hydrogen) atoms. The summed E-state index contributed by atoms with van der Waals surface area (Å²) in [6.45, 7) is 4.65. The van der Waals surface area contributed by atoms with Crippen molar-refractivity contribution >= 4 is 11.9 Å². The minimum atomic E-state index is -1.43. The van der Waals surface area contributed by atoms with Gasteiger partial charge in [0.25, 0.3) is 0 Å². The molecule has 5 heteroatoms. The molecule has 2 unspecified atom stereocenters. The number of halogens is 1. The molecule has 0 aliphatic rings. The maximum Gasteiger partial charge on any atom is 0.328 e. The van der Waals surface area contributed by atoms with Crippen LogP contribution in [0.5, 0.6) is 0 Å². The number of amides is 1. The van der Waals surface area contributed by atoms with Crippen molar-refractivity contribution in [2.24, 2.45) is 11.8 Å². The van der Waals surface area contributed by atoms with Crippen LogP contribution in [0.25, 0.3) is 0 Å². The van der Waals surface area contributed by atoms with E-state index in [2.05, 4.69) is 5.32 Å². The predicted molar refractivity (Wildman–Crippen MR) is 58.8 cm³/mol. The molecule has 0 radical (unpaired) electrons. The molecule has 0 aromatic carbocycles. The third-order valence-corrected chi connectivity index (χ3v) is 2.51. The van der Waals surface area contributed by atoms with Crippen LogP contribution in [0.1, 0.15) is 33.6 Å². The van der Waals surface area contributed by atoms with Crippen LogP contribution in [-0.4, -0.2) is 29.7 Å². The van der Waals surface area contributed by atoms with E-state index in [1.54, 1.807) is 0 Å². The monoisotopic (exact) mass is 233 g/mol. The van der Waals surface area contributed by atoms with Crippen molar-refractivity contribution < 1.29 is 19.1 Å². The minimum absolute atomic E-state index is 0.119. The molecular formula is C11H20FNO3. The van der Waals surface area contributed by atoms with Gasteiger partial charge in [0, 0.05) is 5.92 Å². The number of aliphatic carboxylic acids is 1. The fourth-order valence-electron chi connectivity index (χ4n) is 1.52. The lowest BCUT2D eigenvalue weighted by Gasteiger charge is -2.21. The van der Waals surface area contributed by atoms with Crippen molar-refractivity contribution in [2.45, 2.75) is 39.7 Å². The van der Waals surface area contributed by atoms with Gasteiger partial charge in [0.2, 0.25) is 5.91 Å². The smallest absolute Gasteiger partial charge is 0.328 e. The molecule has 1 amide bonds. The summed E-state index contributed by atoms with van der Waals surface area (Å²) >= 11 is 0. The van der Waals surface area contributed by atoms with E-state index in [1.165, 1.54) is 0 Å². The quantitative estimate of drug-likeness (QED) is 0.702. The zero-order chi connectivity index (χ0) is 12.7. The number of hydrogen-bond donors (Lipinski definition) is 2. The standard InChI is InChI=1S/C11H20FNO3/c1-4-5-8(7(2)3)10(14)13-9(6-12)11(15)16/h7-9H,4-6H2,1-3H3,(H,13,14)(H,15,16). The number of carboxylic acids is 1. The first-order chi connectivity index (χ1) is 7.43. The third kappa shape index (κ3) is 4.59. The Morgan fingerprint density at radius 2 is 1.94 bits per heavy atom. The molecule has 0 bridgehead atoms. The highest BCUT2D eigenvalue weighted by molar-refractivity contribution is 5.85. The number of hydrogen-bond acceptors (Lipinski definition) is 2. The van der Waals surface area contributed by atoms with Gasteiger partial charge in [-0.25, -0.2) is 9.18 Å². The van der Waals surface area contributed by atoms with Crippen molar-refractivity contribution in [3.05, 3.63) is 0 Å². The molecule has 0 aliphatic heterocycles. The van der Waals surface area contributed by atoms with Crippen molar-refractivity contribution in [2.75, 3.05) is 6.67 Å². The highest BCUT2D eigenvalue weighted by atomic mass is 19.1. The molecule has 0 rings (SSSR count). The molecule has 0 saturated heterocycles. The molecule has 2 N–H and O–H groups in total. The number of carbonyl (C=O) groups is 2. The molecular weight excluding hydrogens is 213 g/mol. The first-order valence-corrected chi connectivity index (χ1v) is 5.53.